The Morgan fingerprint density at radius 3 is 2.67 bits per heavy atom. The number of hydrogen-bond donors (Lipinski definition) is 1. The van der Waals surface area contributed by atoms with Gasteiger partial charge in [-0.15, -0.1) is 0 Å². The molecule has 1 amide bonds. The molecule has 52 valence electrons. The number of hydrogen-bond acceptors (Lipinski definition) is 1. The molecule has 2 nitrogen and oxygen atoms in total. The number of nitrogens with one attached hydrogen (secondary N) is 1. The van der Waals surface area contributed by atoms with Crippen molar-refractivity contribution in [2.45, 2.75) is 32.7 Å². The van der Waals surface area contributed by atoms with E-state index >= 15 is 0 Å². The van der Waals surface area contributed by atoms with Crippen LogP contribution in [0.3, 0.4) is 0 Å². The molecule has 0 aromatic rings. The molecular weight excluding hydrogens is 114 g/mol. The van der Waals surface area contributed by atoms with E-state index in [9.17, 15) is 4.79 Å². The summed E-state index contributed by atoms with van der Waals surface area (Å²) in [5, 5.41) is 2.85. The zero-order chi connectivity index (χ0) is 6.85. The van der Waals surface area contributed by atoms with Gasteiger partial charge in [-0.1, -0.05) is 20.3 Å². The molecule has 1 heterocycles. The fourth-order valence-electron chi connectivity index (χ4n) is 1.16. The highest BCUT2D eigenvalue weighted by atomic mass is 16.2. The first-order valence-corrected chi connectivity index (χ1v) is 3.56. The summed E-state index contributed by atoms with van der Waals surface area (Å²) in [6.07, 6.45) is 2.29. The monoisotopic (exact) mass is 127 g/mol. The Hall–Kier alpha value is -0.530. The largest absolute Gasteiger partial charge is 0.352 e. The van der Waals surface area contributed by atoms with Crippen LogP contribution in [0.2, 0.25) is 0 Å². The van der Waals surface area contributed by atoms with E-state index < -0.39 is 0 Å². The third-order valence-corrected chi connectivity index (χ3v) is 1.94. The first-order valence-electron chi connectivity index (χ1n) is 3.56. The molecule has 0 bridgehead atoms. The van der Waals surface area contributed by atoms with Crippen molar-refractivity contribution in [3.05, 3.63) is 0 Å². The Balaban J connectivity index is 2.25. The highest BCUT2D eigenvalue weighted by molar-refractivity contribution is 5.85. The van der Waals surface area contributed by atoms with Crippen LogP contribution in [-0.2, 0) is 4.79 Å². The Labute approximate surface area is 55.6 Å². The lowest BCUT2D eigenvalue weighted by Crippen LogP contribution is -2.56. The number of carbonyl (C=O) groups excluding carboxylic acids is 1. The molecule has 0 spiro atoms. The van der Waals surface area contributed by atoms with Crippen molar-refractivity contribution in [2.24, 2.45) is 5.92 Å². The minimum Gasteiger partial charge on any atom is -0.352 e. The smallest absolute Gasteiger partial charge is 0.225 e. The fourth-order valence-corrected chi connectivity index (χ4v) is 1.16. The lowest BCUT2D eigenvalue weighted by Gasteiger charge is -2.33. The third kappa shape index (κ3) is 1.07. The molecule has 1 saturated heterocycles. The van der Waals surface area contributed by atoms with Gasteiger partial charge in [0, 0.05) is 6.04 Å². The predicted octanol–water partition coefficient (Wildman–Crippen LogP) is 0.921. The molecule has 0 unspecified atom stereocenters. The lowest BCUT2D eigenvalue weighted by atomic mass is 9.89. The van der Waals surface area contributed by atoms with E-state index in [0.717, 1.165) is 12.8 Å². The molecule has 0 aromatic carbocycles. The van der Waals surface area contributed by atoms with E-state index in [2.05, 4.69) is 12.2 Å². The van der Waals surface area contributed by atoms with E-state index in [1.54, 1.807) is 0 Å². The second kappa shape index (κ2) is 2.38. The highest BCUT2D eigenvalue weighted by Crippen LogP contribution is 2.17. The van der Waals surface area contributed by atoms with Gasteiger partial charge in [0.2, 0.25) is 5.91 Å². The molecule has 0 saturated carbocycles. The van der Waals surface area contributed by atoms with Gasteiger partial charge in [0.05, 0.1) is 5.92 Å². The minimum absolute atomic E-state index is 0.216. The molecule has 2 atom stereocenters. The van der Waals surface area contributed by atoms with Gasteiger partial charge in [-0.2, -0.15) is 0 Å². The second-order valence-electron chi connectivity index (χ2n) is 2.69. The number of rotatable bonds is 2. The van der Waals surface area contributed by atoms with Crippen LogP contribution in [0.15, 0.2) is 0 Å². The van der Waals surface area contributed by atoms with E-state index in [0.29, 0.717) is 6.04 Å². The normalized spacial score (nSPS) is 33.3. The standard InChI is InChI=1S/C7H13NO/c1-3-4-6-5(2)7(9)8-6/h5-6H,3-4H2,1-2H3,(H,8,9)/t5-,6-/m0/s1. The van der Waals surface area contributed by atoms with Crippen molar-refractivity contribution < 1.29 is 4.79 Å². The molecular formula is C7H13NO. The fraction of sp³-hybridized carbons (Fsp3) is 0.857. The number of amides is 1. The van der Waals surface area contributed by atoms with Gasteiger partial charge in [0.25, 0.3) is 0 Å². The van der Waals surface area contributed by atoms with Crippen molar-refractivity contribution >= 4 is 5.91 Å². The molecule has 0 radical (unpaired) electrons. The summed E-state index contributed by atoms with van der Waals surface area (Å²) in [6.45, 7) is 4.12. The molecule has 0 aliphatic carbocycles. The zero-order valence-corrected chi connectivity index (χ0v) is 5.98. The molecule has 2 heteroatoms. The lowest BCUT2D eigenvalue weighted by molar-refractivity contribution is -0.134. The van der Waals surface area contributed by atoms with Crippen LogP contribution >= 0.6 is 0 Å². The summed E-state index contributed by atoms with van der Waals surface area (Å²) < 4.78 is 0. The van der Waals surface area contributed by atoms with Crippen LogP contribution in [0.25, 0.3) is 0 Å². The van der Waals surface area contributed by atoms with Crippen LogP contribution in [0.5, 0.6) is 0 Å². The Bertz CT molecular complexity index is 122. The van der Waals surface area contributed by atoms with Crippen LogP contribution in [0, 0.1) is 5.92 Å². The maximum Gasteiger partial charge on any atom is 0.225 e. The van der Waals surface area contributed by atoms with Crippen LogP contribution < -0.4 is 5.32 Å². The summed E-state index contributed by atoms with van der Waals surface area (Å²) in [5.74, 6) is 0.485. The van der Waals surface area contributed by atoms with Crippen LogP contribution in [0.1, 0.15) is 26.7 Å². The molecule has 1 rings (SSSR count). The van der Waals surface area contributed by atoms with E-state index in [1.165, 1.54) is 0 Å². The molecule has 1 fully saturated rings. The molecule has 9 heavy (non-hydrogen) atoms. The van der Waals surface area contributed by atoms with Crippen molar-refractivity contribution in [1.82, 2.24) is 5.32 Å². The number of carbonyl (C=O) groups is 1. The predicted molar refractivity (Wildman–Crippen MR) is 36.0 cm³/mol. The Morgan fingerprint density at radius 2 is 2.33 bits per heavy atom. The first-order chi connectivity index (χ1) is 4.25. The average Bonchev–Trinajstić information content (AvgIpc) is 1.88. The van der Waals surface area contributed by atoms with Crippen LogP contribution in [-0.4, -0.2) is 11.9 Å². The summed E-state index contributed by atoms with van der Waals surface area (Å²) in [5.41, 5.74) is 0. The topological polar surface area (TPSA) is 29.1 Å². The highest BCUT2D eigenvalue weighted by Gasteiger charge is 2.33. The second-order valence-corrected chi connectivity index (χ2v) is 2.69. The van der Waals surface area contributed by atoms with Gasteiger partial charge in [-0.05, 0) is 6.42 Å². The quantitative estimate of drug-likeness (QED) is 0.549. The molecule has 1 aliphatic heterocycles. The van der Waals surface area contributed by atoms with Crippen molar-refractivity contribution in [3.8, 4) is 0 Å². The first kappa shape index (κ1) is 6.59. The van der Waals surface area contributed by atoms with Gasteiger partial charge in [0.1, 0.15) is 0 Å². The maximum atomic E-state index is 10.6. The maximum absolute atomic E-state index is 10.6. The van der Waals surface area contributed by atoms with Crippen LogP contribution in [0.4, 0.5) is 0 Å². The Morgan fingerprint density at radius 1 is 1.67 bits per heavy atom. The van der Waals surface area contributed by atoms with Gasteiger partial charge >= 0.3 is 0 Å². The average molecular weight is 127 g/mol. The minimum atomic E-state index is 0.216. The van der Waals surface area contributed by atoms with E-state index in [1.807, 2.05) is 6.92 Å². The van der Waals surface area contributed by atoms with Gasteiger partial charge in [-0.25, -0.2) is 0 Å². The number of β-lactam (4-membered cyclic amide) rings is 1. The van der Waals surface area contributed by atoms with Crippen molar-refractivity contribution in [3.63, 3.8) is 0 Å². The van der Waals surface area contributed by atoms with Gasteiger partial charge in [0.15, 0.2) is 0 Å². The third-order valence-electron chi connectivity index (χ3n) is 1.94. The van der Waals surface area contributed by atoms with E-state index in [-0.39, 0.29) is 11.8 Å². The molecule has 1 aliphatic rings. The SMILES string of the molecule is CCC[C@@H]1NC(=O)[C@H]1C. The zero-order valence-electron chi connectivity index (χ0n) is 5.98. The molecule has 0 aromatic heterocycles. The summed E-state index contributed by atoms with van der Waals surface area (Å²) in [4.78, 5) is 10.6. The Kier molecular flexibility index (Phi) is 1.74. The van der Waals surface area contributed by atoms with Gasteiger partial charge < -0.3 is 5.32 Å². The summed E-state index contributed by atoms with van der Waals surface area (Å²) >= 11 is 0. The van der Waals surface area contributed by atoms with E-state index in [4.69, 9.17) is 0 Å². The molecule has 1 N–H and O–H groups in total. The van der Waals surface area contributed by atoms with Gasteiger partial charge in [-0.3, -0.25) is 4.79 Å². The summed E-state index contributed by atoms with van der Waals surface area (Å²) in [7, 11) is 0. The van der Waals surface area contributed by atoms with Crippen molar-refractivity contribution in [1.29, 1.82) is 0 Å². The summed E-state index contributed by atoms with van der Waals surface area (Å²) in [6, 6.07) is 0.475. The van der Waals surface area contributed by atoms with Crippen molar-refractivity contribution in [2.75, 3.05) is 0 Å².